The number of aliphatic imine (C=N–C) groups is 1. The van der Waals surface area contributed by atoms with Crippen LogP contribution in [0.15, 0.2) is 15.2 Å². The molecule has 3 atom stereocenters. The summed E-state index contributed by atoms with van der Waals surface area (Å²) >= 11 is 0. The summed E-state index contributed by atoms with van der Waals surface area (Å²) in [5.74, 6) is 0.103. The zero-order valence-electron chi connectivity index (χ0n) is 8.98. The summed E-state index contributed by atoms with van der Waals surface area (Å²) in [4.78, 5) is 29.2. The fraction of sp³-hybridized carbons (Fsp3) is 0.750. The van der Waals surface area contributed by atoms with Crippen molar-refractivity contribution < 1.29 is 19.5 Å². The second-order valence-corrected chi connectivity index (χ2v) is 3.76. The van der Waals surface area contributed by atoms with Crippen LogP contribution < -0.4 is 0 Å². The van der Waals surface area contributed by atoms with E-state index in [-0.39, 0.29) is 5.92 Å². The van der Waals surface area contributed by atoms with Gasteiger partial charge in [-0.15, -0.1) is 15.2 Å². The number of amides is 2. The van der Waals surface area contributed by atoms with Crippen LogP contribution >= 0.6 is 0 Å². The van der Waals surface area contributed by atoms with Crippen LogP contribution in [0.1, 0.15) is 12.8 Å². The third-order valence-electron chi connectivity index (χ3n) is 2.79. The van der Waals surface area contributed by atoms with E-state index < -0.39 is 23.3 Å². The van der Waals surface area contributed by atoms with Crippen molar-refractivity contribution in [1.82, 2.24) is 0 Å². The predicted octanol–water partition coefficient (Wildman–Crippen LogP) is 0.973. The number of nitrogens with zero attached hydrogens (tertiary/aromatic N) is 4. The van der Waals surface area contributed by atoms with Crippen LogP contribution in [0, 0.1) is 16.0 Å². The van der Waals surface area contributed by atoms with Gasteiger partial charge in [-0.3, -0.25) is 0 Å². The third-order valence-corrected chi connectivity index (χ3v) is 2.79. The SMILES string of the molecule is COC1CC(C2=NC(=O)N=N2)CC1O[N+](=O)[O-]. The minimum atomic E-state index is -0.845. The number of azo groups is 1. The molecule has 9 nitrogen and oxygen atoms in total. The lowest BCUT2D eigenvalue weighted by molar-refractivity contribution is -0.770. The van der Waals surface area contributed by atoms with Crippen LogP contribution in [0.5, 0.6) is 0 Å². The molecular weight excluding hydrogens is 232 g/mol. The molecule has 0 aromatic rings. The number of hydrogen-bond donors (Lipinski definition) is 0. The number of hydrogen-bond acceptors (Lipinski definition) is 6. The molecule has 3 unspecified atom stereocenters. The summed E-state index contributed by atoms with van der Waals surface area (Å²) in [7, 11) is 1.45. The molecule has 9 heteroatoms. The highest BCUT2D eigenvalue weighted by molar-refractivity contribution is 5.99. The standard InChI is InChI=1S/C8H10N4O5/c1-16-5-2-4(3-6(5)17-12(14)15)7-9-8(13)11-10-7/h4-6H,2-3H2,1H3. The van der Waals surface area contributed by atoms with Crippen molar-refractivity contribution in [3.05, 3.63) is 10.1 Å². The van der Waals surface area contributed by atoms with E-state index in [4.69, 9.17) is 4.74 Å². The minimum absolute atomic E-state index is 0.194. The molecule has 2 rings (SSSR count). The van der Waals surface area contributed by atoms with E-state index in [1.54, 1.807) is 0 Å². The van der Waals surface area contributed by atoms with Gasteiger partial charge in [0.2, 0.25) is 0 Å². The van der Waals surface area contributed by atoms with Gasteiger partial charge >= 0.3 is 6.03 Å². The van der Waals surface area contributed by atoms with Crippen molar-refractivity contribution in [3.63, 3.8) is 0 Å². The van der Waals surface area contributed by atoms with Gasteiger partial charge in [-0.25, -0.2) is 4.79 Å². The van der Waals surface area contributed by atoms with Crippen LogP contribution in [0.3, 0.4) is 0 Å². The van der Waals surface area contributed by atoms with Crippen LogP contribution in [-0.4, -0.2) is 36.3 Å². The Morgan fingerprint density at radius 1 is 1.35 bits per heavy atom. The first kappa shape index (κ1) is 11.6. The Morgan fingerprint density at radius 2 is 2.06 bits per heavy atom. The quantitative estimate of drug-likeness (QED) is 0.538. The largest absolute Gasteiger partial charge is 0.387 e. The predicted molar refractivity (Wildman–Crippen MR) is 53.1 cm³/mol. The van der Waals surface area contributed by atoms with Gasteiger partial charge in [0.1, 0.15) is 6.10 Å². The number of amidine groups is 1. The van der Waals surface area contributed by atoms with Crippen molar-refractivity contribution >= 4 is 11.9 Å². The molecule has 0 bridgehead atoms. The van der Waals surface area contributed by atoms with E-state index in [0.29, 0.717) is 18.7 Å². The number of rotatable bonds is 4. The van der Waals surface area contributed by atoms with Crippen LogP contribution in [0.2, 0.25) is 0 Å². The van der Waals surface area contributed by atoms with E-state index in [9.17, 15) is 14.9 Å². The van der Waals surface area contributed by atoms with Crippen molar-refractivity contribution in [2.45, 2.75) is 25.0 Å². The summed E-state index contributed by atoms with van der Waals surface area (Å²) < 4.78 is 5.10. The summed E-state index contributed by atoms with van der Waals surface area (Å²) in [6.45, 7) is 0. The van der Waals surface area contributed by atoms with Crippen molar-refractivity contribution in [2.24, 2.45) is 21.1 Å². The van der Waals surface area contributed by atoms with Crippen molar-refractivity contribution in [3.8, 4) is 0 Å². The average molecular weight is 242 g/mol. The van der Waals surface area contributed by atoms with E-state index in [2.05, 4.69) is 20.1 Å². The van der Waals surface area contributed by atoms with Crippen LogP contribution in [0.25, 0.3) is 0 Å². The molecule has 0 spiro atoms. The van der Waals surface area contributed by atoms with E-state index in [0.717, 1.165) is 0 Å². The lowest BCUT2D eigenvalue weighted by Gasteiger charge is -2.14. The highest BCUT2D eigenvalue weighted by Crippen LogP contribution is 2.32. The first-order chi connectivity index (χ1) is 8.10. The Kier molecular flexibility index (Phi) is 3.09. The van der Waals surface area contributed by atoms with Gasteiger partial charge < -0.3 is 9.57 Å². The Hall–Kier alpha value is -1.90. The molecule has 17 heavy (non-hydrogen) atoms. The Bertz CT molecular complexity index is 407. The Balaban J connectivity index is 2.04. The Labute approximate surface area is 95.6 Å². The van der Waals surface area contributed by atoms with Gasteiger partial charge in [-0.2, -0.15) is 4.99 Å². The summed E-state index contributed by atoms with van der Waals surface area (Å²) in [5.41, 5.74) is 0. The summed E-state index contributed by atoms with van der Waals surface area (Å²) in [5, 5.41) is 16.3. The molecule has 0 saturated heterocycles. The number of carbonyl (C=O) groups excluding carboxylic acids is 1. The third kappa shape index (κ3) is 2.44. The van der Waals surface area contributed by atoms with Gasteiger partial charge in [0, 0.05) is 13.0 Å². The molecule has 2 amide bonds. The van der Waals surface area contributed by atoms with Crippen LogP contribution in [-0.2, 0) is 9.57 Å². The molecule has 0 N–H and O–H groups in total. The first-order valence-electron chi connectivity index (χ1n) is 4.98. The molecule has 1 saturated carbocycles. The molecular formula is C8H10N4O5. The van der Waals surface area contributed by atoms with Crippen LogP contribution in [0.4, 0.5) is 4.79 Å². The van der Waals surface area contributed by atoms with Gasteiger partial charge in [0.15, 0.2) is 5.84 Å². The van der Waals surface area contributed by atoms with E-state index in [1.807, 2.05) is 0 Å². The molecule has 92 valence electrons. The van der Waals surface area contributed by atoms with Gasteiger partial charge in [-0.1, -0.05) is 5.11 Å². The molecule has 1 fully saturated rings. The van der Waals surface area contributed by atoms with Crippen molar-refractivity contribution in [1.29, 1.82) is 0 Å². The highest BCUT2D eigenvalue weighted by atomic mass is 17.0. The summed E-state index contributed by atoms with van der Waals surface area (Å²) in [6.07, 6.45) is -0.252. The second-order valence-electron chi connectivity index (χ2n) is 3.76. The molecule has 2 aliphatic rings. The number of urea groups is 1. The molecule has 1 aliphatic carbocycles. The second kappa shape index (κ2) is 4.53. The summed E-state index contributed by atoms with van der Waals surface area (Å²) in [6, 6.07) is -0.646. The maximum absolute atomic E-state index is 10.8. The molecule has 1 aliphatic heterocycles. The lowest BCUT2D eigenvalue weighted by Crippen LogP contribution is -2.27. The topological polar surface area (TPSA) is 116 Å². The Morgan fingerprint density at radius 3 is 2.59 bits per heavy atom. The zero-order valence-corrected chi connectivity index (χ0v) is 8.98. The van der Waals surface area contributed by atoms with Crippen molar-refractivity contribution in [2.75, 3.05) is 7.11 Å². The van der Waals surface area contributed by atoms with E-state index in [1.165, 1.54) is 7.11 Å². The number of carbonyl (C=O) groups is 1. The smallest absolute Gasteiger partial charge is 0.379 e. The fourth-order valence-corrected chi connectivity index (χ4v) is 2.05. The number of ether oxygens (including phenoxy) is 1. The normalized spacial score (nSPS) is 31.7. The maximum Gasteiger partial charge on any atom is 0.387 e. The maximum atomic E-state index is 10.8. The van der Waals surface area contributed by atoms with Gasteiger partial charge in [-0.05, 0) is 12.8 Å². The average Bonchev–Trinajstić information content (AvgIpc) is 2.83. The number of methoxy groups -OCH3 is 1. The molecule has 0 aromatic heterocycles. The zero-order chi connectivity index (χ0) is 12.4. The molecule has 1 heterocycles. The lowest BCUT2D eigenvalue weighted by atomic mass is 10.1. The molecule has 0 radical (unpaired) electrons. The van der Waals surface area contributed by atoms with Gasteiger partial charge in [0.05, 0.1) is 6.10 Å². The highest BCUT2D eigenvalue weighted by Gasteiger charge is 2.40. The van der Waals surface area contributed by atoms with E-state index >= 15 is 0 Å². The van der Waals surface area contributed by atoms with Gasteiger partial charge in [0.25, 0.3) is 5.09 Å². The monoisotopic (exact) mass is 242 g/mol. The first-order valence-corrected chi connectivity index (χ1v) is 4.98. The molecule has 0 aromatic carbocycles. The minimum Gasteiger partial charge on any atom is -0.379 e. The fourth-order valence-electron chi connectivity index (χ4n) is 2.05.